The van der Waals surface area contributed by atoms with Gasteiger partial charge < -0.3 is 10.6 Å². The van der Waals surface area contributed by atoms with E-state index in [9.17, 15) is 0 Å². The molecule has 0 amide bonds. The van der Waals surface area contributed by atoms with Crippen molar-refractivity contribution in [1.29, 1.82) is 0 Å². The van der Waals surface area contributed by atoms with Crippen LogP contribution in [0.15, 0.2) is 4.99 Å². The summed E-state index contributed by atoms with van der Waals surface area (Å²) in [7, 11) is 0. The van der Waals surface area contributed by atoms with Crippen LogP contribution in [-0.2, 0) is 13.1 Å². The van der Waals surface area contributed by atoms with Gasteiger partial charge in [-0.05, 0) is 40.5 Å². The van der Waals surface area contributed by atoms with Crippen molar-refractivity contribution >= 4 is 17.3 Å². The van der Waals surface area contributed by atoms with E-state index in [2.05, 4.69) is 32.6 Å². The highest BCUT2D eigenvalue weighted by atomic mass is 32.1. The van der Waals surface area contributed by atoms with Crippen LogP contribution in [0.3, 0.4) is 0 Å². The van der Waals surface area contributed by atoms with E-state index in [1.165, 1.54) is 4.88 Å². The molecular formula is C16H25N7S. The number of aromatic nitrogens is 4. The summed E-state index contributed by atoms with van der Waals surface area (Å²) in [6.07, 6.45) is 2.14. The summed E-state index contributed by atoms with van der Waals surface area (Å²) in [5, 5.41) is 12.4. The minimum atomic E-state index is 0.155. The summed E-state index contributed by atoms with van der Waals surface area (Å²) in [4.78, 5) is 15.0. The predicted molar refractivity (Wildman–Crippen MR) is 96.3 cm³/mol. The molecule has 2 aromatic heterocycles. The molecule has 2 N–H and O–H groups in total. The van der Waals surface area contributed by atoms with E-state index in [0.717, 1.165) is 54.2 Å². The number of nitrogens with one attached hydrogen (secondary N) is 2. The standard InChI is InChI=1S/C16H25N7S/c1-5-17-16(18-9-14-10(2)19-12(4)24-14)21-13-7-6-8-23-15(13)20-11(3)22-23/h13H,5-9H2,1-4H3,(H2,17,18,21). The molecule has 0 radical (unpaired) electrons. The Balaban J connectivity index is 1.74. The van der Waals surface area contributed by atoms with Crippen LogP contribution in [0.25, 0.3) is 0 Å². The summed E-state index contributed by atoms with van der Waals surface area (Å²) in [6.45, 7) is 10.5. The summed E-state index contributed by atoms with van der Waals surface area (Å²) in [6, 6.07) is 0.155. The van der Waals surface area contributed by atoms with Crippen LogP contribution in [-0.4, -0.2) is 32.3 Å². The van der Waals surface area contributed by atoms with E-state index in [4.69, 9.17) is 4.99 Å². The Morgan fingerprint density at radius 3 is 2.88 bits per heavy atom. The van der Waals surface area contributed by atoms with Gasteiger partial charge in [-0.1, -0.05) is 0 Å². The van der Waals surface area contributed by atoms with Crippen molar-refractivity contribution in [2.24, 2.45) is 4.99 Å². The second kappa shape index (κ2) is 7.29. The van der Waals surface area contributed by atoms with Gasteiger partial charge in [0.2, 0.25) is 0 Å². The van der Waals surface area contributed by atoms with Crippen LogP contribution in [0, 0.1) is 20.8 Å². The third-order valence-corrected chi connectivity index (χ3v) is 5.07. The first-order chi connectivity index (χ1) is 11.6. The zero-order valence-electron chi connectivity index (χ0n) is 14.8. The van der Waals surface area contributed by atoms with Gasteiger partial charge in [-0.3, -0.25) is 0 Å². The number of fused-ring (bicyclic) bond motifs is 1. The SMILES string of the molecule is CCNC(=NCc1sc(C)nc1C)NC1CCCn2nc(C)nc21. The highest BCUT2D eigenvalue weighted by molar-refractivity contribution is 7.11. The minimum Gasteiger partial charge on any atom is -0.357 e. The lowest BCUT2D eigenvalue weighted by Crippen LogP contribution is -2.41. The molecule has 0 saturated heterocycles. The molecule has 1 unspecified atom stereocenters. The molecule has 3 heterocycles. The first-order valence-electron chi connectivity index (χ1n) is 8.46. The molecule has 0 bridgehead atoms. The van der Waals surface area contributed by atoms with Crippen LogP contribution < -0.4 is 10.6 Å². The van der Waals surface area contributed by atoms with Gasteiger partial charge in [0, 0.05) is 18.0 Å². The minimum absolute atomic E-state index is 0.155. The second-order valence-electron chi connectivity index (χ2n) is 6.02. The van der Waals surface area contributed by atoms with E-state index >= 15 is 0 Å². The molecule has 2 aromatic rings. The average molecular weight is 347 g/mol. The smallest absolute Gasteiger partial charge is 0.192 e. The number of thiazole rings is 1. The summed E-state index contributed by atoms with van der Waals surface area (Å²) < 4.78 is 2.01. The second-order valence-corrected chi connectivity index (χ2v) is 7.30. The quantitative estimate of drug-likeness (QED) is 0.655. The Labute approximate surface area is 146 Å². The van der Waals surface area contributed by atoms with Gasteiger partial charge >= 0.3 is 0 Å². The van der Waals surface area contributed by atoms with Crippen molar-refractivity contribution in [3.8, 4) is 0 Å². The van der Waals surface area contributed by atoms with Crippen molar-refractivity contribution in [2.75, 3.05) is 6.54 Å². The third kappa shape index (κ3) is 3.75. The molecule has 8 heteroatoms. The highest BCUT2D eigenvalue weighted by Crippen LogP contribution is 2.23. The third-order valence-electron chi connectivity index (χ3n) is 4.02. The summed E-state index contributed by atoms with van der Waals surface area (Å²) >= 11 is 1.71. The van der Waals surface area contributed by atoms with Gasteiger partial charge in [0.05, 0.1) is 23.3 Å². The van der Waals surface area contributed by atoms with E-state index in [1.807, 2.05) is 25.5 Å². The Morgan fingerprint density at radius 1 is 1.33 bits per heavy atom. The van der Waals surface area contributed by atoms with Crippen LogP contribution in [0.2, 0.25) is 0 Å². The molecule has 0 spiro atoms. The van der Waals surface area contributed by atoms with Gasteiger partial charge in [-0.25, -0.2) is 19.6 Å². The molecule has 0 fully saturated rings. The summed E-state index contributed by atoms with van der Waals surface area (Å²) in [5.41, 5.74) is 1.07. The monoisotopic (exact) mass is 347 g/mol. The maximum Gasteiger partial charge on any atom is 0.192 e. The molecule has 0 saturated carbocycles. The number of hydrogen-bond acceptors (Lipinski definition) is 5. The van der Waals surface area contributed by atoms with E-state index in [-0.39, 0.29) is 6.04 Å². The predicted octanol–water partition coefficient (Wildman–Crippen LogP) is 2.25. The number of rotatable bonds is 4. The molecule has 1 atom stereocenters. The number of nitrogens with zero attached hydrogens (tertiary/aromatic N) is 5. The molecule has 7 nitrogen and oxygen atoms in total. The largest absolute Gasteiger partial charge is 0.357 e. The normalized spacial score (nSPS) is 17.7. The molecule has 130 valence electrons. The molecule has 1 aliphatic rings. The Hall–Kier alpha value is -1.96. The lowest BCUT2D eigenvalue weighted by molar-refractivity contribution is 0.397. The zero-order valence-corrected chi connectivity index (χ0v) is 15.6. The highest BCUT2D eigenvalue weighted by Gasteiger charge is 2.24. The molecular weight excluding hydrogens is 322 g/mol. The van der Waals surface area contributed by atoms with E-state index in [0.29, 0.717) is 6.54 Å². The Morgan fingerprint density at radius 2 is 2.17 bits per heavy atom. The van der Waals surface area contributed by atoms with Crippen molar-refractivity contribution in [2.45, 2.75) is 59.7 Å². The van der Waals surface area contributed by atoms with Gasteiger partial charge in [0.25, 0.3) is 0 Å². The van der Waals surface area contributed by atoms with Gasteiger partial charge in [0.15, 0.2) is 5.96 Å². The van der Waals surface area contributed by atoms with E-state index in [1.54, 1.807) is 11.3 Å². The van der Waals surface area contributed by atoms with Crippen LogP contribution in [0.4, 0.5) is 0 Å². The van der Waals surface area contributed by atoms with Crippen LogP contribution >= 0.6 is 11.3 Å². The van der Waals surface area contributed by atoms with Gasteiger partial charge in [-0.15, -0.1) is 11.3 Å². The number of aryl methyl sites for hydroxylation is 4. The number of hydrogen-bond donors (Lipinski definition) is 2. The maximum atomic E-state index is 4.74. The molecule has 1 aliphatic heterocycles. The van der Waals surface area contributed by atoms with Crippen molar-refractivity contribution in [3.05, 3.63) is 27.2 Å². The fourth-order valence-corrected chi connectivity index (χ4v) is 3.82. The van der Waals surface area contributed by atoms with Gasteiger partial charge in [-0.2, -0.15) is 5.10 Å². The maximum absolute atomic E-state index is 4.74. The average Bonchev–Trinajstić information content (AvgIpc) is 3.06. The van der Waals surface area contributed by atoms with Crippen molar-refractivity contribution < 1.29 is 0 Å². The van der Waals surface area contributed by atoms with Crippen LogP contribution in [0.5, 0.6) is 0 Å². The number of aliphatic imine (C=N–C) groups is 1. The fourth-order valence-electron chi connectivity index (χ4n) is 2.96. The number of guanidine groups is 1. The molecule has 3 rings (SSSR count). The topological polar surface area (TPSA) is 80.0 Å². The Kier molecular flexibility index (Phi) is 5.13. The lowest BCUT2D eigenvalue weighted by atomic mass is 10.1. The fraction of sp³-hybridized carbons (Fsp3) is 0.625. The lowest BCUT2D eigenvalue weighted by Gasteiger charge is -2.25. The van der Waals surface area contributed by atoms with Crippen molar-refractivity contribution in [3.63, 3.8) is 0 Å². The van der Waals surface area contributed by atoms with E-state index < -0.39 is 0 Å². The zero-order chi connectivity index (χ0) is 17.1. The molecule has 0 aliphatic carbocycles. The Bertz CT molecular complexity index is 731. The first-order valence-corrected chi connectivity index (χ1v) is 9.27. The first kappa shape index (κ1) is 16.9. The summed E-state index contributed by atoms with van der Waals surface area (Å²) in [5.74, 6) is 2.66. The van der Waals surface area contributed by atoms with Crippen LogP contribution in [0.1, 0.15) is 53.0 Å². The molecule has 0 aromatic carbocycles. The van der Waals surface area contributed by atoms with Crippen molar-refractivity contribution in [1.82, 2.24) is 30.4 Å². The van der Waals surface area contributed by atoms with Gasteiger partial charge in [0.1, 0.15) is 11.6 Å². The molecule has 24 heavy (non-hydrogen) atoms.